The van der Waals surface area contributed by atoms with Gasteiger partial charge in [0.2, 0.25) is 0 Å². The fourth-order valence-electron chi connectivity index (χ4n) is 3.01. The monoisotopic (exact) mass is 521 g/mol. The van der Waals surface area contributed by atoms with Crippen LogP contribution in [-0.2, 0) is 9.84 Å². The number of pyridine rings is 1. The predicted molar refractivity (Wildman–Crippen MR) is 119 cm³/mol. The average molecular weight is 523 g/mol. The van der Waals surface area contributed by atoms with E-state index in [9.17, 15) is 18.3 Å². The minimum absolute atomic E-state index is 0.136. The molecule has 0 fully saturated rings. The van der Waals surface area contributed by atoms with Crippen molar-refractivity contribution in [3.8, 4) is 22.8 Å². The lowest BCUT2D eigenvalue weighted by Crippen LogP contribution is -2.10. The molecule has 0 atom stereocenters. The molecule has 11 heteroatoms. The number of halogens is 2. The predicted octanol–water partition coefficient (Wildman–Crippen LogP) is 5.24. The first-order valence-corrected chi connectivity index (χ1v) is 11.8. The van der Waals surface area contributed by atoms with Gasteiger partial charge in [0.1, 0.15) is 15.9 Å². The highest BCUT2D eigenvalue weighted by molar-refractivity contribution is 9.10. The molecule has 0 spiro atoms. The van der Waals surface area contributed by atoms with Gasteiger partial charge < -0.3 is 9.84 Å². The Morgan fingerprint density at radius 3 is 2.52 bits per heavy atom. The van der Waals surface area contributed by atoms with Crippen LogP contribution in [0.2, 0.25) is 5.02 Å². The van der Waals surface area contributed by atoms with Gasteiger partial charge in [-0.3, -0.25) is 4.98 Å². The van der Waals surface area contributed by atoms with E-state index in [0.717, 1.165) is 10.9 Å². The van der Waals surface area contributed by atoms with Crippen LogP contribution < -0.4 is 4.74 Å². The van der Waals surface area contributed by atoms with Crippen molar-refractivity contribution in [1.82, 2.24) is 14.8 Å². The Labute approximate surface area is 190 Å². The molecule has 2 heterocycles. The van der Waals surface area contributed by atoms with E-state index in [1.807, 2.05) is 0 Å². The third-order valence-electron chi connectivity index (χ3n) is 4.39. The van der Waals surface area contributed by atoms with Crippen molar-refractivity contribution in [3.05, 3.63) is 64.4 Å². The fourth-order valence-corrected chi connectivity index (χ4v) is 4.33. The number of hydrogen-bond donors (Lipinski definition) is 1. The van der Waals surface area contributed by atoms with Crippen molar-refractivity contribution in [2.75, 3.05) is 6.26 Å². The molecule has 0 unspecified atom stereocenters. The number of aromatic nitrogens is 3. The van der Waals surface area contributed by atoms with E-state index in [2.05, 4.69) is 26.0 Å². The zero-order chi connectivity index (χ0) is 22.3. The summed E-state index contributed by atoms with van der Waals surface area (Å²) in [7, 11) is -3.37. The first kappa shape index (κ1) is 21.3. The smallest absolute Gasteiger partial charge is 0.432 e. The highest BCUT2D eigenvalue weighted by Gasteiger charge is 2.21. The van der Waals surface area contributed by atoms with Crippen molar-refractivity contribution in [2.24, 2.45) is 0 Å². The molecule has 0 aliphatic rings. The second kappa shape index (κ2) is 7.95. The number of carboxylic acid groups (broad SMARTS) is 1. The van der Waals surface area contributed by atoms with Crippen molar-refractivity contribution in [2.45, 2.75) is 4.90 Å². The van der Waals surface area contributed by atoms with E-state index in [1.54, 1.807) is 30.5 Å². The lowest BCUT2D eigenvalue weighted by atomic mass is 10.1. The molecule has 0 bridgehead atoms. The molecule has 1 N–H and O–H groups in total. The number of fused-ring (bicyclic) bond motifs is 1. The van der Waals surface area contributed by atoms with Crippen molar-refractivity contribution in [3.63, 3.8) is 0 Å². The molecule has 8 nitrogen and oxygen atoms in total. The van der Waals surface area contributed by atoms with E-state index >= 15 is 0 Å². The number of nitrogens with zero attached hydrogens (tertiary/aromatic N) is 3. The van der Waals surface area contributed by atoms with E-state index in [-0.39, 0.29) is 16.2 Å². The number of ether oxygens (including phenoxy) is 1. The molecule has 158 valence electrons. The van der Waals surface area contributed by atoms with Gasteiger partial charge in [-0.15, -0.1) is 0 Å². The van der Waals surface area contributed by atoms with Gasteiger partial charge in [0.25, 0.3) is 0 Å². The standard InChI is InChI=1S/C20H13BrClN3O5S/c1-31(28,29)13-6-4-12(5-7-13)30-16-10-11(17-15(22)3-2-8-23-17)9-14-18(16)25(20(26)27)24-19(14)21/h2-10H,1H3,(H,26,27). The quantitative estimate of drug-likeness (QED) is 0.390. The molecule has 2 aromatic heterocycles. The average Bonchev–Trinajstić information content (AvgIpc) is 3.05. The lowest BCUT2D eigenvalue weighted by molar-refractivity contribution is 0.193. The molecule has 0 saturated heterocycles. The maximum absolute atomic E-state index is 11.7. The summed E-state index contributed by atoms with van der Waals surface area (Å²) in [6.45, 7) is 0. The summed E-state index contributed by atoms with van der Waals surface area (Å²) in [5.74, 6) is 0.495. The minimum atomic E-state index is -3.37. The second-order valence-electron chi connectivity index (χ2n) is 6.54. The Bertz CT molecular complexity index is 1440. The number of sulfone groups is 1. The summed E-state index contributed by atoms with van der Waals surface area (Å²) in [5, 5.41) is 14.5. The van der Waals surface area contributed by atoms with Gasteiger partial charge in [0, 0.05) is 23.4 Å². The summed E-state index contributed by atoms with van der Waals surface area (Å²) in [4.78, 5) is 16.2. The van der Waals surface area contributed by atoms with Crippen LogP contribution in [-0.4, -0.2) is 40.6 Å². The van der Waals surface area contributed by atoms with Crippen LogP contribution >= 0.6 is 27.5 Å². The van der Waals surface area contributed by atoms with Gasteiger partial charge >= 0.3 is 6.09 Å². The maximum atomic E-state index is 11.7. The zero-order valence-electron chi connectivity index (χ0n) is 15.8. The normalized spacial score (nSPS) is 11.6. The molecular weight excluding hydrogens is 510 g/mol. The highest BCUT2D eigenvalue weighted by Crippen LogP contribution is 2.39. The molecule has 0 radical (unpaired) electrons. The summed E-state index contributed by atoms with van der Waals surface area (Å²) >= 11 is 9.58. The summed E-state index contributed by atoms with van der Waals surface area (Å²) in [6, 6.07) is 12.5. The van der Waals surface area contributed by atoms with E-state index in [1.165, 1.54) is 24.3 Å². The number of rotatable bonds is 4. The summed E-state index contributed by atoms with van der Waals surface area (Å²) < 4.78 is 30.4. The third kappa shape index (κ3) is 4.14. The number of benzene rings is 2. The molecule has 31 heavy (non-hydrogen) atoms. The summed E-state index contributed by atoms with van der Waals surface area (Å²) in [5.41, 5.74) is 1.28. The van der Waals surface area contributed by atoms with E-state index < -0.39 is 15.9 Å². The van der Waals surface area contributed by atoms with Crippen LogP contribution in [0.25, 0.3) is 22.2 Å². The number of carbonyl (C=O) groups is 1. The highest BCUT2D eigenvalue weighted by atomic mass is 79.9. The molecule has 4 rings (SSSR count). The Kier molecular flexibility index (Phi) is 5.46. The van der Waals surface area contributed by atoms with E-state index in [4.69, 9.17) is 16.3 Å². The van der Waals surface area contributed by atoms with Gasteiger partial charge in [-0.1, -0.05) is 11.6 Å². The fraction of sp³-hybridized carbons (Fsp3) is 0.0500. The van der Waals surface area contributed by atoms with Crippen LogP contribution in [0.5, 0.6) is 11.5 Å². The van der Waals surface area contributed by atoms with Crippen molar-refractivity contribution in [1.29, 1.82) is 0 Å². The Balaban J connectivity index is 1.91. The molecular formula is C20H13BrClN3O5S. The number of hydrogen-bond acceptors (Lipinski definition) is 6. The van der Waals surface area contributed by atoms with E-state index in [0.29, 0.717) is 32.0 Å². The first-order valence-electron chi connectivity index (χ1n) is 8.69. The van der Waals surface area contributed by atoms with Crippen LogP contribution in [0, 0.1) is 0 Å². The van der Waals surface area contributed by atoms with Gasteiger partial charge in [-0.2, -0.15) is 9.78 Å². The molecule has 0 saturated carbocycles. The third-order valence-corrected chi connectivity index (χ3v) is 6.41. The molecule has 0 aliphatic heterocycles. The van der Waals surface area contributed by atoms with Crippen LogP contribution in [0.15, 0.2) is 64.2 Å². The Morgan fingerprint density at radius 2 is 1.90 bits per heavy atom. The first-order chi connectivity index (χ1) is 14.6. The van der Waals surface area contributed by atoms with Crippen molar-refractivity contribution < 1.29 is 23.1 Å². The SMILES string of the molecule is CS(=O)(=O)c1ccc(Oc2cc(-c3ncccc3Cl)cc3c(Br)nn(C(=O)O)c23)cc1. The molecule has 0 amide bonds. The Morgan fingerprint density at radius 1 is 1.19 bits per heavy atom. The molecule has 4 aromatic rings. The summed E-state index contributed by atoms with van der Waals surface area (Å²) in [6.07, 6.45) is 1.40. The van der Waals surface area contributed by atoms with Gasteiger partial charge in [0.05, 0.1) is 15.6 Å². The lowest BCUT2D eigenvalue weighted by Gasteiger charge is -2.11. The Hall–Kier alpha value is -2.95. The molecule has 0 aliphatic carbocycles. The van der Waals surface area contributed by atoms with Crippen LogP contribution in [0.4, 0.5) is 4.79 Å². The van der Waals surface area contributed by atoms with Gasteiger partial charge in [-0.05, 0) is 64.5 Å². The van der Waals surface area contributed by atoms with Gasteiger partial charge in [-0.25, -0.2) is 13.2 Å². The van der Waals surface area contributed by atoms with Gasteiger partial charge in [0.15, 0.2) is 15.6 Å². The maximum Gasteiger partial charge on any atom is 0.432 e. The zero-order valence-corrected chi connectivity index (χ0v) is 18.9. The molecule has 2 aromatic carbocycles. The topological polar surface area (TPSA) is 111 Å². The van der Waals surface area contributed by atoms with Crippen molar-refractivity contribution >= 4 is 54.4 Å². The largest absolute Gasteiger partial charge is 0.463 e. The minimum Gasteiger partial charge on any atom is -0.463 e. The second-order valence-corrected chi connectivity index (χ2v) is 9.71. The van der Waals surface area contributed by atoms with Crippen LogP contribution in [0.3, 0.4) is 0 Å². The van der Waals surface area contributed by atoms with Crippen LogP contribution in [0.1, 0.15) is 0 Å².